The van der Waals surface area contributed by atoms with E-state index < -0.39 is 0 Å². The smallest absolute Gasteiger partial charge is 0.269 e. The number of carbonyl (C=O) groups is 2. The summed E-state index contributed by atoms with van der Waals surface area (Å²) in [5.74, 6) is 0.183. The largest absolute Gasteiger partial charge is 0.365 e. The first kappa shape index (κ1) is 22.5. The summed E-state index contributed by atoms with van der Waals surface area (Å²) in [5, 5.41) is 14.3. The van der Waals surface area contributed by atoms with E-state index in [0.29, 0.717) is 38.5 Å². The molecular formula is C23H33N5O4. The van der Waals surface area contributed by atoms with Crippen molar-refractivity contribution in [1.29, 1.82) is 0 Å². The molecule has 2 unspecified atom stereocenters. The molecule has 0 spiro atoms. The van der Waals surface area contributed by atoms with Gasteiger partial charge in [-0.2, -0.15) is 0 Å². The number of fused-ring (bicyclic) bond motifs is 3. The zero-order valence-corrected chi connectivity index (χ0v) is 19.0. The lowest BCUT2D eigenvalue weighted by molar-refractivity contribution is -0.384. The van der Waals surface area contributed by atoms with Gasteiger partial charge in [0.25, 0.3) is 5.69 Å². The average molecular weight is 444 g/mol. The van der Waals surface area contributed by atoms with Crippen molar-refractivity contribution >= 4 is 23.2 Å². The van der Waals surface area contributed by atoms with Crippen molar-refractivity contribution in [3.05, 3.63) is 33.9 Å². The van der Waals surface area contributed by atoms with E-state index in [9.17, 15) is 19.7 Å². The van der Waals surface area contributed by atoms with Gasteiger partial charge in [0.1, 0.15) is 0 Å². The summed E-state index contributed by atoms with van der Waals surface area (Å²) in [5.41, 5.74) is 1.87. The van der Waals surface area contributed by atoms with Gasteiger partial charge in [-0.15, -0.1) is 0 Å². The number of carbonyl (C=O) groups excluding carboxylic acids is 2. The number of rotatable bonds is 6. The van der Waals surface area contributed by atoms with Gasteiger partial charge in [0, 0.05) is 57.1 Å². The second-order valence-corrected chi connectivity index (χ2v) is 9.60. The van der Waals surface area contributed by atoms with Gasteiger partial charge in [0.2, 0.25) is 11.8 Å². The van der Waals surface area contributed by atoms with Crippen LogP contribution in [0.1, 0.15) is 32.3 Å². The highest BCUT2D eigenvalue weighted by Gasteiger charge is 2.42. The van der Waals surface area contributed by atoms with Crippen molar-refractivity contribution in [2.45, 2.75) is 39.2 Å². The van der Waals surface area contributed by atoms with E-state index in [2.05, 4.69) is 29.0 Å². The summed E-state index contributed by atoms with van der Waals surface area (Å²) in [6.07, 6.45) is 2.61. The number of nitro benzene ring substituents is 1. The molecule has 2 atom stereocenters. The van der Waals surface area contributed by atoms with Crippen LogP contribution in [0.25, 0.3) is 0 Å². The third-order valence-corrected chi connectivity index (χ3v) is 6.83. The van der Waals surface area contributed by atoms with Crippen LogP contribution in [0.4, 0.5) is 11.4 Å². The predicted octanol–water partition coefficient (Wildman–Crippen LogP) is 1.65. The second-order valence-electron chi connectivity index (χ2n) is 9.60. The highest BCUT2D eigenvalue weighted by atomic mass is 16.6. The van der Waals surface area contributed by atoms with Gasteiger partial charge >= 0.3 is 0 Å². The fraction of sp³-hybridized carbons (Fsp3) is 0.652. The molecule has 2 fully saturated rings. The maximum atomic E-state index is 13.2. The molecule has 0 aromatic heterocycles. The summed E-state index contributed by atoms with van der Waals surface area (Å²) >= 11 is 0. The van der Waals surface area contributed by atoms with E-state index in [1.165, 1.54) is 0 Å². The van der Waals surface area contributed by atoms with Crippen molar-refractivity contribution < 1.29 is 14.5 Å². The van der Waals surface area contributed by atoms with Gasteiger partial charge in [-0.3, -0.25) is 24.6 Å². The Balaban J connectivity index is 1.55. The van der Waals surface area contributed by atoms with E-state index >= 15 is 0 Å². The number of hydrogen-bond acceptors (Lipinski definition) is 6. The van der Waals surface area contributed by atoms with Gasteiger partial charge in [0.15, 0.2) is 0 Å². The van der Waals surface area contributed by atoms with Crippen molar-refractivity contribution in [2.24, 2.45) is 11.8 Å². The normalized spacial score (nSPS) is 23.1. The minimum Gasteiger partial charge on any atom is -0.365 e. The van der Waals surface area contributed by atoms with Gasteiger partial charge in [-0.25, -0.2) is 0 Å². The fourth-order valence-corrected chi connectivity index (χ4v) is 5.12. The first-order valence-corrected chi connectivity index (χ1v) is 11.6. The van der Waals surface area contributed by atoms with E-state index in [4.69, 9.17) is 0 Å². The maximum absolute atomic E-state index is 13.2. The maximum Gasteiger partial charge on any atom is 0.269 e. The van der Waals surface area contributed by atoms with E-state index in [1.807, 2.05) is 11.0 Å². The van der Waals surface area contributed by atoms with Crippen molar-refractivity contribution in [2.75, 3.05) is 50.7 Å². The molecule has 1 aromatic carbocycles. The number of benzene rings is 1. The summed E-state index contributed by atoms with van der Waals surface area (Å²) in [7, 11) is 0. The molecule has 3 heterocycles. The third kappa shape index (κ3) is 4.72. The molecule has 1 aromatic rings. The number of anilines is 1. The first-order valence-electron chi connectivity index (χ1n) is 11.6. The van der Waals surface area contributed by atoms with Crippen LogP contribution in [0.15, 0.2) is 18.2 Å². The number of nitro groups is 1. The van der Waals surface area contributed by atoms with Gasteiger partial charge in [-0.05, 0) is 36.8 Å². The molecule has 1 N–H and O–H groups in total. The first-order chi connectivity index (χ1) is 15.3. The Morgan fingerprint density at radius 2 is 1.94 bits per heavy atom. The van der Waals surface area contributed by atoms with Crippen LogP contribution in [0.5, 0.6) is 0 Å². The van der Waals surface area contributed by atoms with E-state index in [0.717, 1.165) is 43.7 Å². The topological polar surface area (TPSA) is 99.0 Å². The molecule has 174 valence electrons. The lowest BCUT2D eigenvalue weighted by Crippen LogP contribution is -2.62. The van der Waals surface area contributed by atoms with Crippen LogP contribution in [-0.4, -0.2) is 78.4 Å². The standard InChI is InChI=1S/C23H33N5O4/c1-16(2)13-24-23(30)19-12-17-11-18(28(31)32)5-6-20(17)27-10-9-25(14-21(19)27)15-22(29)26-7-3-4-8-26/h5-6,11,16,19,21H,3-4,7-10,12-15H2,1-2H3,(H,24,30). The van der Waals surface area contributed by atoms with Crippen molar-refractivity contribution in [3.63, 3.8) is 0 Å². The minimum atomic E-state index is -0.387. The van der Waals surface area contributed by atoms with Crippen LogP contribution in [0.2, 0.25) is 0 Å². The van der Waals surface area contributed by atoms with Gasteiger partial charge < -0.3 is 15.1 Å². The summed E-state index contributed by atoms with van der Waals surface area (Å²) < 4.78 is 0. The summed E-state index contributed by atoms with van der Waals surface area (Å²) in [6.45, 7) is 8.83. The number of nitrogens with zero attached hydrogens (tertiary/aromatic N) is 4. The Hall–Kier alpha value is -2.68. The van der Waals surface area contributed by atoms with Crippen LogP contribution < -0.4 is 10.2 Å². The number of likely N-dealkylation sites (tertiary alicyclic amines) is 1. The highest BCUT2D eigenvalue weighted by Crippen LogP contribution is 2.38. The van der Waals surface area contributed by atoms with Crippen molar-refractivity contribution in [3.8, 4) is 0 Å². The number of piperazine rings is 1. The second kappa shape index (κ2) is 9.44. The molecular weight excluding hydrogens is 410 g/mol. The lowest BCUT2D eigenvalue weighted by Gasteiger charge is -2.49. The third-order valence-electron chi connectivity index (χ3n) is 6.83. The molecule has 32 heavy (non-hydrogen) atoms. The zero-order valence-electron chi connectivity index (χ0n) is 19.0. The zero-order chi connectivity index (χ0) is 22.8. The molecule has 2 saturated heterocycles. The lowest BCUT2D eigenvalue weighted by atomic mass is 9.83. The Labute approximate surface area is 188 Å². The number of amides is 2. The van der Waals surface area contributed by atoms with E-state index in [-0.39, 0.29) is 34.4 Å². The molecule has 3 aliphatic heterocycles. The predicted molar refractivity (Wildman–Crippen MR) is 122 cm³/mol. The fourth-order valence-electron chi connectivity index (χ4n) is 5.12. The van der Waals surface area contributed by atoms with E-state index in [1.54, 1.807) is 12.1 Å². The molecule has 0 saturated carbocycles. The number of hydrogen-bond donors (Lipinski definition) is 1. The van der Waals surface area contributed by atoms with Crippen LogP contribution >= 0.6 is 0 Å². The van der Waals surface area contributed by atoms with Crippen molar-refractivity contribution in [1.82, 2.24) is 15.1 Å². The molecule has 0 aliphatic carbocycles. The minimum absolute atomic E-state index is 0.0152. The van der Waals surface area contributed by atoms with Gasteiger partial charge in [-0.1, -0.05) is 13.8 Å². The van der Waals surface area contributed by atoms with Crippen LogP contribution in [-0.2, 0) is 16.0 Å². The molecule has 0 radical (unpaired) electrons. The number of nitrogens with one attached hydrogen (secondary N) is 1. The molecule has 3 aliphatic rings. The Kier molecular flexibility index (Phi) is 6.64. The Morgan fingerprint density at radius 1 is 1.19 bits per heavy atom. The van der Waals surface area contributed by atoms with Crippen LogP contribution in [0, 0.1) is 22.0 Å². The highest BCUT2D eigenvalue weighted by molar-refractivity contribution is 5.82. The Bertz CT molecular complexity index is 883. The molecule has 9 nitrogen and oxygen atoms in total. The number of non-ortho nitro benzene ring substituents is 1. The van der Waals surface area contributed by atoms with Gasteiger partial charge in [0.05, 0.1) is 23.4 Å². The monoisotopic (exact) mass is 443 g/mol. The summed E-state index contributed by atoms with van der Waals surface area (Å²) in [4.78, 5) is 43.1. The molecule has 0 bridgehead atoms. The quantitative estimate of drug-likeness (QED) is 0.530. The average Bonchev–Trinajstić information content (AvgIpc) is 3.31. The Morgan fingerprint density at radius 3 is 2.62 bits per heavy atom. The molecule has 9 heteroatoms. The molecule has 4 rings (SSSR count). The molecule has 2 amide bonds. The van der Waals surface area contributed by atoms with Crippen LogP contribution in [0.3, 0.4) is 0 Å². The summed E-state index contributed by atoms with van der Waals surface area (Å²) in [6, 6.07) is 4.90. The SMILES string of the molecule is CC(C)CNC(=O)C1Cc2cc([N+](=O)[O-])ccc2N2CCN(CC(=O)N3CCCC3)CC12.